The number of hydrogen-bond acceptors (Lipinski definition) is 0. The molecule has 0 saturated carbocycles. The van der Waals surface area contributed by atoms with Crippen molar-refractivity contribution in [3.63, 3.8) is 0 Å². The fraction of sp³-hybridized carbons (Fsp3) is 0.0909. The lowest BCUT2D eigenvalue weighted by Gasteiger charge is -2.26. The van der Waals surface area contributed by atoms with Crippen LogP contribution in [-0.2, 0) is 0 Å². The third-order valence-corrected chi connectivity index (χ3v) is 8.82. The summed E-state index contributed by atoms with van der Waals surface area (Å²) in [5.74, 6) is -47.7. The summed E-state index contributed by atoms with van der Waals surface area (Å²) in [6, 6.07) is 0. The van der Waals surface area contributed by atoms with Gasteiger partial charge < -0.3 is 0 Å². The van der Waals surface area contributed by atoms with Crippen LogP contribution >= 0.6 is 0 Å². The molecule has 19 heteroatoms. The maximum atomic E-state index is 16.5. The summed E-state index contributed by atoms with van der Waals surface area (Å²) >= 11 is 0. The lowest BCUT2D eigenvalue weighted by Crippen LogP contribution is -2.58. The van der Waals surface area contributed by atoms with E-state index in [4.69, 9.17) is 0 Å². The van der Waals surface area contributed by atoms with Crippen LogP contribution in [0.15, 0.2) is 0 Å². The van der Waals surface area contributed by atoms with Gasteiger partial charge in [0.25, 0.3) is 6.71 Å². The second-order valence-electron chi connectivity index (χ2n) is 11.5. The van der Waals surface area contributed by atoms with Gasteiger partial charge in [0.05, 0.1) is 16.2 Å². The van der Waals surface area contributed by atoms with Gasteiger partial charge in [-0.3, -0.25) is 0 Å². The van der Waals surface area contributed by atoms with Crippen molar-refractivity contribution in [3.05, 3.63) is 121 Å². The largest absolute Gasteiger partial charge is 0.255 e. The van der Waals surface area contributed by atoms with Gasteiger partial charge in [-0.2, -0.15) is 0 Å². The zero-order chi connectivity index (χ0) is 38.9. The van der Waals surface area contributed by atoms with Gasteiger partial charge in [0.15, 0.2) is 69.8 Å². The van der Waals surface area contributed by atoms with Gasteiger partial charge >= 0.3 is 0 Å². The smallest absolute Gasteiger partial charge is 0.207 e. The summed E-state index contributed by atoms with van der Waals surface area (Å²) in [4.78, 5) is 0. The second-order valence-corrected chi connectivity index (χ2v) is 11.5. The summed E-state index contributed by atoms with van der Waals surface area (Å²) in [6.07, 6.45) is 0. The van der Waals surface area contributed by atoms with Crippen LogP contribution in [-0.4, -0.2) is 6.71 Å². The highest BCUT2D eigenvalue weighted by molar-refractivity contribution is 6.99. The number of rotatable bonds is 3. The third kappa shape index (κ3) is 4.49. The van der Waals surface area contributed by atoms with Crippen molar-refractivity contribution in [2.24, 2.45) is 0 Å². The fourth-order valence-electron chi connectivity index (χ4n) is 6.31. The molecule has 0 N–H and O–H groups in total. The minimum atomic E-state index is -3.68. The van der Waals surface area contributed by atoms with Crippen LogP contribution in [0.25, 0.3) is 32.3 Å². The molecule has 0 aromatic heterocycles. The highest BCUT2D eigenvalue weighted by Gasteiger charge is 2.44. The molecule has 0 fully saturated rings. The van der Waals surface area contributed by atoms with Gasteiger partial charge in [0.2, 0.25) is 0 Å². The summed E-state index contributed by atoms with van der Waals surface area (Å²) in [5, 5.41) is -13.0. The monoisotopic (exact) mass is 758 g/mol. The molecule has 0 aliphatic rings. The first-order valence-corrected chi connectivity index (χ1v) is 14.0. The van der Waals surface area contributed by atoms with Crippen LogP contribution in [0.4, 0.5) is 79.0 Å². The van der Waals surface area contributed by atoms with E-state index >= 15 is 52.7 Å². The van der Waals surface area contributed by atoms with E-state index in [-0.39, 0.29) is 0 Å². The Balaban J connectivity index is 2.10. The first-order chi connectivity index (χ1) is 24.1. The molecule has 0 saturated heterocycles. The third-order valence-electron chi connectivity index (χ3n) is 8.82. The maximum absolute atomic E-state index is 16.5. The molecule has 52 heavy (non-hydrogen) atoms. The van der Waals surface area contributed by atoms with Crippen LogP contribution in [0.2, 0.25) is 0 Å². The van der Waals surface area contributed by atoms with E-state index in [2.05, 4.69) is 0 Å². The summed E-state index contributed by atoms with van der Waals surface area (Å²) in [7, 11) is 0. The summed E-state index contributed by atoms with van der Waals surface area (Å²) in [5.41, 5.74) is -11.3. The molecule has 6 aromatic carbocycles. The molecule has 0 amide bonds. The first-order valence-electron chi connectivity index (χ1n) is 14.0. The molecule has 0 radical (unpaired) electrons. The molecule has 0 aliphatic heterocycles. The van der Waals surface area contributed by atoms with Crippen molar-refractivity contribution < 1.29 is 79.0 Å². The lowest BCUT2D eigenvalue weighted by atomic mass is 9.34. The van der Waals surface area contributed by atoms with Crippen molar-refractivity contribution >= 4 is 55.4 Å². The molecule has 0 aliphatic carbocycles. The van der Waals surface area contributed by atoms with Gasteiger partial charge in [-0.25, -0.2) is 79.0 Å². The van der Waals surface area contributed by atoms with Gasteiger partial charge in [0, 0.05) is 32.8 Å². The Morgan fingerprint density at radius 2 is 0.385 bits per heavy atom. The van der Waals surface area contributed by atoms with Crippen LogP contribution in [0.1, 0.15) is 16.7 Å². The van der Waals surface area contributed by atoms with Crippen molar-refractivity contribution in [1.82, 2.24) is 0 Å². The fourth-order valence-corrected chi connectivity index (χ4v) is 6.31. The highest BCUT2D eigenvalue weighted by atomic mass is 19.2. The zero-order valence-corrected chi connectivity index (χ0v) is 25.4. The van der Waals surface area contributed by atoms with Crippen molar-refractivity contribution in [2.45, 2.75) is 20.8 Å². The Labute approximate surface area is 276 Å². The van der Waals surface area contributed by atoms with Gasteiger partial charge in [0.1, 0.15) is 34.9 Å². The molecule has 0 unspecified atom stereocenters. The van der Waals surface area contributed by atoms with Gasteiger partial charge in [-0.05, 0) is 37.2 Å². The van der Waals surface area contributed by atoms with E-state index in [1.54, 1.807) is 0 Å². The molecule has 0 atom stereocenters. The number of hydrogen-bond donors (Lipinski definition) is 0. The Morgan fingerprint density at radius 1 is 0.212 bits per heavy atom. The minimum Gasteiger partial charge on any atom is -0.207 e. The molecule has 6 rings (SSSR count). The van der Waals surface area contributed by atoms with E-state index in [0.29, 0.717) is 20.8 Å². The lowest BCUT2D eigenvalue weighted by molar-refractivity contribution is 0.415. The number of fused-ring (bicyclic) bond motifs is 3. The molecule has 6 aromatic rings. The standard InChI is InChI=1S/C33H9BF18/c1-4-16(35)10-7(22(41)28(47)31(50)25(10)44)13(19(4)38)34(14-8-11(17(36)5(2)20(14)39)26(45)32(51)29(48)23(8)42)15-9-12(18(37)6(3)21(15)40)27(46)33(52)30(49)24(9)43/h1-3H3. The molecule has 0 nitrogen and oxygen atoms in total. The van der Waals surface area contributed by atoms with Gasteiger partial charge in [-0.15, -0.1) is 0 Å². The molecule has 0 bridgehead atoms. The van der Waals surface area contributed by atoms with Crippen LogP contribution in [0, 0.1) is 125 Å². The van der Waals surface area contributed by atoms with Crippen molar-refractivity contribution in [2.75, 3.05) is 0 Å². The number of benzene rings is 6. The molecule has 0 spiro atoms. The normalized spacial score (nSPS) is 11.9. The Kier molecular flexibility index (Phi) is 8.45. The van der Waals surface area contributed by atoms with Crippen LogP contribution in [0.3, 0.4) is 0 Å². The predicted molar refractivity (Wildman–Crippen MR) is 150 cm³/mol. The van der Waals surface area contributed by atoms with E-state index in [9.17, 15) is 26.3 Å². The zero-order valence-electron chi connectivity index (χ0n) is 25.4. The van der Waals surface area contributed by atoms with Crippen LogP contribution < -0.4 is 16.4 Å². The molecular formula is C33H9BF18. The quantitative estimate of drug-likeness (QED) is 0.0732. The maximum Gasteiger partial charge on any atom is 0.255 e. The Morgan fingerprint density at radius 3 is 0.577 bits per heavy atom. The Hall–Kier alpha value is -5.10. The van der Waals surface area contributed by atoms with Gasteiger partial charge in [-0.1, -0.05) is 0 Å². The molecule has 0 heterocycles. The molecule has 270 valence electrons. The highest BCUT2D eigenvalue weighted by Crippen LogP contribution is 2.37. The van der Waals surface area contributed by atoms with Crippen molar-refractivity contribution in [1.29, 1.82) is 0 Å². The van der Waals surface area contributed by atoms with E-state index < -0.39 is 177 Å². The van der Waals surface area contributed by atoms with E-state index in [0.717, 1.165) is 0 Å². The SMILES string of the molecule is Cc1c(F)c(B(c2c(F)c(C)c(F)c3c(F)c(F)c(F)c(F)c23)c2c(F)c(C)c(F)c3c(F)c(F)c(F)c(F)c23)c2c(F)c(F)c(F)c(F)c2c1F. The van der Waals surface area contributed by atoms with E-state index in [1.165, 1.54) is 0 Å². The van der Waals surface area contributed by atoms with E-state index in [1.807, 2.05) is 0 Å². The number of halogens is 18. The average molecular weight is 758 g/mol. The Bertz CT molecular complexity index is 2340. The topological polar surface area (TPSA) is 0 Å². The van der Waals surface area contributed by atoms with Crippen molar-refractivity contribution in [3.8, 4) is 0 Å². The predicted octanol–water partition coefficient (Wildman–Crippen LogP) is 9.09. The summed E-state index contributed by atoms with van der Waals surface area (Å²) in [6.45, 7) is -2.67. The van der Waals surface area contributed by atoms with Crippen LogP contribution in [0.5, 0.6) is 0 Å². The summed E-state index contributed by atoms with van der Waals surface area (Å²) < 4.78 is 276. The first kappa shape index (κ1) is 36.7. The second kappa shape index (κ2) is 12.0. The minimum absolute atomic E-state index is 0.336. The average Bonchev–Trinajstić information content (AvgIpc) is 3.11. The molecular weight excluding hydrogens is 749 g/mol.